The second-order valence-corrected chi connectivity index (χ2v) is 3.58. The van der Waals surface area contributed by atoms with E-state index in [1.54, 1.807) is 5.57 Å². The SMILES string of the molecule is CC1CC=C2CCC1C2. The fraction of sp³-hybridized carbons (Fsp3) is 0.778. The summed E-state index contributed by atoms with van der Waals surface area (Å²) in [6.45, 7) is 2.39. The Kier molecular flexibility index (Phi) is 1.14. The zero-order chi connectivity index (χ0) is 6.27. The van der Waals surface area contributed by atoms with E-state index in [9.17, 15) is 0 Å². The molecule has 50 valence electrons. The molecule has 0 nitrogen and oxygen atoms in total. The largest absolute Gasteiger partial charge is 0.0850 e. The molecule has 0 radical (unpaired) electrons. The Morgan fingerprint density at radius 3 is 3.22 bits per heavy atom. The first-order valence-corrected chi connectivity index (χ1v) is 4.04. The lowest BCUT2D eigenvalue weighted by Crippen LogP contribution is -2.08. The number of allylic oxidation sites excluding steroid dienone is 2. The van der Waals surface area contributed by atoms with Gasteiger partial charge in [-0.05, 0) is 37.5 Å². The van der Waals surface area contributed by atoms with E-state index in [0.717, 1.165) is 11.8 Å². The summed E-state index contributed by atoms with van der Waals surface area (Å²) < 4.78 is 0. The number of hydrogen-bond donors (Lipinski definition) is 0. The third-order valence-corrected chi connectivity index (χ3v) is 2.94. The van der Waals surface area contributed by atoms with Gasteiger partial charge in [0.2, 0.25) is 0 Å². The molecule has 0 aromatic carbocycles. The van der Waals surface area contributed by atoms with Crippen molar-refractivity contribution >= 4 is 0 Å². The summed E-state index contributed by atoms with van der Waals surface area (Å²) in [7, 11) is 0. The molecule has 0 aliphatic heterocycles. The molecule has 1 fully saturated rings. The predicted molar refractivity (Wildman–Crippen MR) is 39.2 cm³/mol. The van der Waals surface area contributed by atoms with Gasteiger partial charge in [0.05, 0.1) is 0 Å². The van der Waals surface area contributed by atoms with Crippen molar-refractivity contribution in [3.8, 4) is 0 Å². The molecule has 2 bridgehead atoms. The number of fused-ring (bicyclic) bond motifs is 2. The standard InChI is InChI=1S/C9H14/c1-7-2-3-8-4-5-9(7)6-8/h3,7,9H,2,4-6H2,1H3. The van der Waals surface area contributed by atoms with Crippen molar-refractivity contribution in [1.29, 1.82) is 0 Å². The predicted octanol–water partition coefficient (Wildman–Crippen LogP) is 2.75. The van der Waals surface area contributed by atoms with Gasteiger partial charge in [0, 0.05) is 0 Å². The van der Waals surface area contributed by atoms with Crippen molar-refractivity contribution in [3.63, 3.8) is 0 Å². The van der Waals surface area contributed by atoms with Crippen LogP contribution >= 0.6 is 0 Å². The summed E-state index contributed by atoms with van der Waals surface area (Å²) in [5, 5.41) is 0. The van der Waals surface area contributed by atoms with Crippen LogP contribution in [0, 0.1) is 11.8 Å². The van der Waals surface area contributed by atoms with Gasteiger partial charge >= 0.3 is 0 Å². The Morgan fingerprint density at radius 2 is 2.44 bits per heavy atom. The zero-order valence-electron chi connectivity index (χ0n) is 6.06. The highest BCUT2D eigenvalue weighted by atomic mass is 14.3. The van der Waals surface area contributed by atoms with Crippen molar-refractivity contribution < 1.29 is 0 Å². The van der Waals surface area contributed by atoms with Crippen LogP contribution in [0.25, 0.3) is 0 Å². The fourth-order valence-corrected chi connectivity index (χ4v) is 2.13. The molecular weight excluding hydrogens is 108 g/mol. The molecule has 0 heteroatoms. The first-order chi connectivity index (χ1) is 4.36. The maximum absolute atomic E-state index is 2.47. The highest BCUT2D eigenvalue weighted by molar-refractivity contribution is 5.13. The summed E-state index contributed by atoms with van der Waals surface area (Å²) in [6.07, 6.45) is 8.15. The summed E-state index contributed by atoms with van der Waals surface area (Å²) >= 11 is 0. The molecule has 0 heterocycles. The molecule has 2 aliphatic rings. The Balaban J connectivity index is 2.21. The molecular formula is C9H14. The van der Waals surface area contributed by atoms with Gasteiger partial charge in [-0.2, -0.15) is 0 Å². The van der Waals surface area contributed by atoms with Crippen molar-refractivity contribution in [1.82, 2.24) is 0 Å². The van der Waals surface area contributed by atoms with Gasteiger partial charge in [0.25, 0.3) is 0 Å². The Bertz CT molecular complexity index is 144. The number of rotatable bonds is 0. The van der Waals surface area contributed by atoms with Gasteiger partial charge in [-0.15, -0.1) is 0 Å². The highest BCUT2D eigenvalue weighted by Gasteiger charge is 2.27. The molecule has 0 aromatic heterocycles. The normalized spacial score (nSPS) is 40.8. The highest BCUT2D eigenvalue weighted by Crippen LogP contribution is 2.41. The Morgan fingerprint density at radius 1 is 1.56 bits per heavy atom. The summed E-state index contributed by atoms with van der Waals surface area (Å²) in [6, 6.07) is 0. The summed E-state index contributed by atoms with van der Waals surface area (Å²) in [5.41, 5.74) is 1.75. The number of hydrogen-bond acceptors (Lipinski definition) is 0. The van der Waals surface area contributed by atoms with Gasteiger partial charge in [0.15, 0.2) is 0 Å². The molecule has 0 N–H and O–H groups in total. The third kappa shape index (κ3) is 0.810. The maximum atomic E-state index is 2.47. The minimum absolute atomic E-state index is 0.983. The van der Waals surface area contributed by atoms with Crippen molar-refractivity contribution in [2.45, 2.75) is 32.6 Å². The summed E-state index contributed by atoms with van der Waals surface area (Å²) in [5.74, 6) is 2.04. The molecule has 2 aliphatic carbocycles. The minimum Gasteiger partial charge on any atom is -0.0850 e. The first kappa shape index (κ1) is 5.52. The van der Waals surface area contributed by atoms with E-state index in [4.69, 9.17) is 0 Å². The Hall–Kier alpha value is -0.260. The van der Waals surface area contributed by atoms with Gasteiger partial charge in [-0.3, -0.25) is 0 Å². The molecule has 2 rings (SSSR count). The van der Waals surface area contributed by atoms with E-state index in [-0.39, 0.29) is 0 Å². The van der Waals surface area contributed by atoms with Gasteiger partial charge in [0.1, 0.15) is 0 Å². The molecule has 0 spiro atoms. The van der Waals surface area contributed by atoms with Crippen LogP contribution in [0.1, 0.15) is 32.6 Å². The molecule has 2 atom stereocenters. The minimum atomic E-state index is 0.983. The summed E-state index contributed by atoms with van der Waals surface area (Å²) in [4.78, 5) is 0. The molecule has 2 unspecified atom stereocenters. The van der Waals surface area contributed by atoms with Crippen LogP contribution in [0.15, 0.2) is 11.6 Å². The monoisotopic (exact) mass is 122 g/mol. The lowest BCUT2D eigenvalue weighted by molar-refractivity contribution is 0.366. The quantitative estimate of drug-likeness (QED) is 0.433. The van der Waals surface area contributed by atoms with Crippen LogP contribution in [0.3, 0.4) is 0 Å². The smallest absolute Gasteiger partial charge is 0.0289 e. The van der Waals surface area contributed by atoms with Gasteiger partial charge in [-0.1, -0.05) is 18.6 Å². The fourth-order valence-electron chi connectivity index (χ4n) is 2.13. The van der Waals surface area contributed by atoms with Crippen LogP contribution in [0.5, 0.6) is 0 Å². The van der Waals surface area contributed by atoms with Crippen molar-refractivity contribution in [2.24, 2.45) is 11.8 Å². The van der Waals surface area contributed by atoms with E-state index >= 15 is 0 Å². The van der Waals surface area contributed by atoms with E-state index in [2.05, 4.69) is 13.0 Å². The van der Waals surface area contributed by atoms with E-state index in [0.29, 0.717) is 0 Å². The Labute approximate surface area is 57.0 Å². The first-order valence-electron chi connectivity index (χ1n) is 4.04. The van der Waals surface area contributed by atoms with Crippen LogP contribution in [0.2, 0.25) is 0 Å². The lowest BCUT2D eigenvalue weighted by atomic mass is 9.86. The third-order valence-electron chi connectivity index (χ3n) is 2.94. The van der Waals surface area contributed by atoms with E-state index in [1.165, 1.54) is 25.7 Å². The topological polar surface area (TPSA) is 0 Å². The molecule has 0 aromatic rings. The van der Waals surface area contributed by atoms with Crippen LogP contribution in [-0.2, 0) is 0 Å². The average molecular weight is 122 g/mol. The van der Waals surface area contributed by atoms with Crippen LogP contribution in [-0.4, -0.2) is 0 Å². The zero-order valence-corrected chi connectivity index (χ0v) is 6.06. The van der Waals surface area contributed by atoms with Crippen LogP contribution < -0.4 is 0 Å². The van der Waals surface area contributed by atoms with Gasteiger partial charge in [-0.25, -0.2) is 0 Å². The van der Waals surface area contributed by atoms with E-state index in [1.807, 2.05) is 0 Å². The van der Waals surface area contributed by atoms with E-state index < -0.39 is 0 Å². The lowest BCUT2D eigenvalue weighted by Gasteiger charge is -2.19. The molecule has 1 saturated carbocycles. The van der Waals surface area contributed by atoms with Gasteiger partial charge < -0.3 is 0 Å². The maximum Gasteiger partial charge on any atom is -0.0289 e. The second-order valence-electron chi connectivity index (χ2n) is 3.58. The molecule has 9 heavy (non-hydrogen) atoms. The van der Waals surface area contributed by atoms with Crippen molar-refractivity contribution in [2.75, 3.05) is 0 Å². The van der Waals surface area contributed by atoms with Crippen LogP contribution in [0.4, 0.5) is 0 Å². The average Bonchev–Trinajstić information content (AvgIpc) is 2.25. The molecule has 0 saturated heterocycles. The second kappa shape index (κ2) is 1.86. The van der Waals surface area contributed by atoms with Crippen molar-refractivity contribution in [3.05, 3.63) is 11.6 Å². The molecule has 0 amide bonds.